The zero-order valence-electron chi connectivity index (χ0n) is 8.65. The number of amidine groups is 1. The lowest BCUT2D eigenvalue weighted by molar-refractivity contribution is 0.729. The van der Waals surface area contributed by atoms with Crippen molar-refractivity contribution in [2.45, 2.75) is 25.7 Å². The van der Waals surface area contributed by atoms with Gasteiger partial charge in [-0.05, 0) is 24.3 Å². The van der Waals surface area contributed by atoms with Crippen LogP contribution in [0.5, 0.6) is 0 Å². The SMILES string of the molecule is C(=NNC1=NCCCCC1)c1cccs1. The van der Waals surface area contributed by atoms with Gasteiger partial charge in [-0.2, -0.15) is 5.10 Å². The van der Waals surface area contributed by atoms with Crippen LogP contribution in [0, 0.1) is 0 Å². The van der Waals surface area contributed by atoms with Gasteiger partial charge >= 0.3 is 0 Å². The second-order valence-corrected chi connectivity index (χ2v) is 4.50. The van der Waals surface area contributed by atoms with Crippen LogP contribution >= 0.6 is 11.3 Å². The van der Waals surface area contributed by atoms with E-state index in [2.05, 4.69) is 15.5 Å². The standard InChI is InChI=1S/C11H15N3S/c1-2-6-11(12-7-3-1)14-13-9-10-5-4-8-15-10/h4-5,8-9H,1-3,6-7H2,(H,12,14). The first-order valence-corrected chi connectivity index (χ1v) is 6.19. The maximum absolute atomic E-state index is 4.44. The highest BCUT2D eigenvalue weighted by Gasteiger charge is 2.01. The topological polar surface area (TPSA) is 36.8 Å². The maximum Gasteiger partial charge on any atom is 0.117 e. The molecule has 0 unspecified atom stereocenters. The van der Waals surface area contributed by atoms with Crippen LogP contribution < -0.4 is 5.43 Å². The Morgan fingerprint density at radius 3 is 3.27 bits per heavy atom. The fourth-order valence-electron chi connectivity index (χ4n) is 1.50. The Labute approximate surface area is 93.9 Å². The molecule has 2 rings (SSSR count). The molecule has 80 valence electrons. The number of hydrogen-bond donors (Lipinski definition) is 1. The van der Waals surface area contributed by atoms with Crippen molar-refractivity contribution in [2.24, 2.45) is 10.1 Å². The quantitative estimate of drug-likeness (QED) is 0.605. The van der Waals surface area contributed by atoms with E-state index in [4.69, 9.17) is 0 Å². The highest BCUT2D eigenvalue weighted by molar-refractivity contribution is 7.11. The molecule has 1 aliphatic heterocycles. The molecule has 0 aromatic carbocycles. The number of aliphatic imine (C=N–C) groups is 1. The Hall–Kier alpha value is -1.16. The summed E-state index contributed by atoms with van der Waals surface area (Å²) in [6.45, 7) is 0.941. The van der Waals surface area contributed by atoms with E-state index in [1.807, 2.05) is 23.7 Å². The average Bonchev–Trinajstić information content (AvgIpc) is 2.62. The average molecular weight is 221 g/mol. The molecule has 1 N–H and O–H groups in total. The fraction of sp³-hybridized carbons (Fsp3) is 0.455. The van der Waals surface area contributed by atoms with Crippen LogP contribution in [0.4, 0.5) is 0 Å². The molecular formula is C11H15N3S. The van der Waals surface area contributed by atoms with Crippen molar-refractivity contribution in [2.75, 3.05) is 6.54 Å². The van der Waals surface area contributed by atoms with Gasteiger partial charge in [-0.15, -0.1) is 11.3 Å². The number of hydrogen-bond acceptors (Lipinski definition) is 4. The molecule has 15 heavy (non-hydrogen) atoms. The summed E-state index contributed by atoms with van der Waals surface area (Å²) in [6, 6.07) is 4.07. The van der Waals surface area contributed by atoms with Crippen LogP contribution in [-0.2, 0) is 0 Å². The molecular weight excluding hydrogens is 206 g/mol. The lowest BCUT2D eigenvalue weighted by Gasteiger charge is -2.00. The summed E-state index contributed by atoms with van der Waals surface area (Å²) in [4.78, 5) is 5.60. The van der Waals surface area contributed by atoms with E-state index in [0.29, 0.717) is 0 Å². The summed E-state index contributed by atoms with van der Waals surface area (Å²) in [5, 5.41) is 6.23. The molecule has 0 saturated heterocycles. The van der Waals surface area contributed by atoms with Gasteiger partial charge in [0, 0.05) is 17.8 Å². The third-order valence-electron chi connectivity index (χ3n) is 2.30. The second kappa shape index (κ2) is 5.66. The minimum Gasteiger partial charge on any atom is -0.271 e. The Bertz CT molecular complexity index is 341. The van der Waals surface area contributed by atoms with E-state index in [-0.39, 0.29) is 0 Å². The van der Waals surface area contributed by atoms with Crippen molar-refractivity contribution >= 4 is 23.4 Å². The molecule has 2 heterocycles. The Balaban J connectivity index is 1.84. The summed E-state index contributed by atoms with van der Waals surface area (Å²) in [7, 11) is 0. The number of hydrazone groups is 1. The zero-order valence-corrected chi connectivity index (χ0v) is 9.46. The predicted octanol–water partition coefficient (Wildman–Crippen LogP) is 2.64. The van der Waals surface area contributed by atoms with Crippen molar-refractivity contribution in [1.29, 1.82) is 0 Å². The van der Waals surface area contributed by atoms with E-state index in [9.17, 15) is 0 Å². The van der Waals surface area contributed by atoms with Gasteiger partial charge < -0.3 is 0 Å². The van der Waals surface area contributed by atoms with Gasteiger partial charge in [0.05, 0.1) is 6.21 Å². The van der Waals surface area contributed by atoms with Crippen molar-refractivity contribution in [3.8, 4) is 0 Å². The normalized spacial score (nSPS) is 17.5. The molecule has 0 aliphatic carbocycles. The third kappa shape index (κ3) is 3.47. The third-order valence-corrected chi connectivity index (χ3v) is 3.11. The summed E-state index contributed by atoms with van der Waals surface area (Å²) < 4.78 is 0. The monoisotopic (exact) mass is 221 g/mol. The molecule has 0 fully saturated rings. The number of thiophene rings is 1. The number of rotatable bonds is 2. The smallest absolute Gasteiger partial charge is 0.117 e. The Morgan fingerprint density at radius 1 is 1.40 bits per heavy atom. The van der Waals surface area contributed by atoms with Crippen LogP contribution in [0.2, 0.25) is 0 Å². The van der Waals surface area contributed by atoms with Gasteiger partial charge in [0.2, 0.25) is 0 Å². The van der Waals surface area contributed by atoms with Gasteiger partial charge in [0.25, 0.3) is 0 Å². The van der Waals surface area contributed by atoms with E-state index in [1.54, 1.807) is 11.3 Å². The molecule has 0 bridgehead atoms. The van der Waals surface area contributed by atoms with Crippen molar-refractivity contribution in [1.82, 2.24) is 5.43 Å². The van der Waals surface area contributed by atoms with Crippen LogP contribution in [0.25, 0.3) is 0 Å². The molecule has 3 nitrogen and oxygen atoms in total. The zero-order chi connectivity index (χ0) is 10.3. The van der Waals surface area contributed by atoms with Crippen LogP contribution in [0.15, 0.2) is 27.6 Å². The lowest BCUT2D eigenvalue weighted by atomic mass is 10.2. The Kier molecular flexibility index (Phi) is 3.91. The Morgan fingerprint density at radius 2 is 2.40 bits per heavy atom. The largest absolute Gasteiger partial charge is 0.271 e. The predicted molar refractivity (Wildman–Crippen MR) is 65.8 cm³/mol. The van der Waals surface area contributed by atoms with Crippen LogP contribution in [-0.4, -0.2) is 18.6 Å². The molecule has 0 radical (unpaired) electrons. The molecule has 0 saturated carbocycles. The van der Waals surface area contributed by atoms with Gasteiger partial charge in [-0.25, -0.2) is 0 Å². The summed E-state index contributed by atoms with van der Waals surface area (Å²) >= 11 is 1.68. The molecule has 0 amide bonds. The van der Waals surface area contributed by atoms with E-state index in [1.165, 1.54) is 19.3 Å². The number of nitrogens with zero attached hydrogens (tertiary/aromatic N) is 2. The first kappa shape index (κ1) is 10.4. The van der Waals surface area contributed by atoms with Crippen LogP contribution in [0.1, 0.15) is 30.6 Å². The fourth-order valence-corrected chi connectivity index (χ4v) is 2.09. The number of nitrogens with one attached hydrogen (secondary N) is 1. The molecule has 1 aromatic heterocycles. The van der Waals surface area contributed by atoms with Crippen molar-refractivity contribution in [3.05, 3.63) is 22.4 Å². The lowest BCUT2D eigenvalue weighted by Crippen LogP contribution is -2.17. The van der Waals surface area contributed by atoms with E-state index < -0.39 is 0 Å². The van der Waals surface area contributed by atoms with Gasteiger partial charge in [-0.3, -0.25) is 10.4 Å². The highest BCUT2D eigenvalue weighted by atomic mass is 32.1. The van der Waals surface area contributed by atoms with E-state index in [0.717, 1.165) is 23.7 Å². The minimum absolute atomic E-state index is 0.941. The van der Waals surface area contributed by atoms with Crippen LogP contribution in [0.3, 0.4) is 0 Å². The molecule has 0 spiro atoms. The summed E-state index contributed by atoms with van der Waals surface area (Å²) in [5.41, 5.74) is 3.03. The van der Waals surface area contributed by atoms with Crippen molar-refractivity contribution in [3.63, 3.8) is 0 Å². The highest BCUT2D eigenvalue weighted by Crippen LogP contribution is 2.06. The summed E-state index contributed by atoms with van der Waals surface area (Å²) in [5.74, 6) is 1.03. The molecule has 1 aliphatic rings. The minimum atomic E-state index is 0.941. The maximum atomic E-state index is 4.44. The van der Waals surface area contributed by atoms with E-state index >= 15 is 0 Å². The van der Waals surface area contributed by atoms with Crippen molar-refractivity contribution < 1.29 is 0 Å². The molecule has 0 atom stereocenters. The molecule has 1 aromatic rings. The molecule has 4 heteroatoms. The van der Waals surface area contributed by atoms with Gasteiger partial charge in [0.15, 0.2) is 0 Å². The van der Waals surface area contributed by atoms with Gasteiger partial charge in [0.1, 0.15) is 5.84 Å². The first-order valence-electron chi connectivity index (χ1n) is 5.31. The second-order valence-electron chi connectivity index (χ2n) is 3.52. The summed E-state index contributed by atoms with van der Waals surface area (Å²) in [6.07, 6.45) is 6.59. The first-order chi connectivity index (χ1) is 7.45. The van der Waals surface area contributed by atoms with Gasteiger partial charge in [-0.1, -0.05) is 12.5 Å².